The van der Waals surface area contributed by atoms with Gasteiger partial charge in [-0.05, 0) is 28.2 Å². The SMILES string of the molecule is CN(C)CCNC(=O)C(CS)C(C(N)=O)(C(N)=O)C(CS)C(=O)NCCN(C)C. The van der Waals surface area contributed by atoms with Crippen molar-refractivity contribution in [2.45, 2.75) is 0 Å². The van der Waals surface area contributed by atoms with Crippen LogP contribution in [0, 0.1) is 17.3 Å². The highest BCUT2D eigenvalue weighted by Gasteiger charge is 2.59. The van der Waals surface area contributed by atoms with Gasteiger partial charge in [0.2, 0.25) is 23.6 Å². The minimum atomic E-state index is -2.27. The summed E-state index contributed by atoms with van der Waals surface area (Å²) in [6.45, 7) is 1.60. The number of amides is 4. The predicted molar refractivity (Wildman–Crippen MR) is 119 cm³/mol. The molecule has 6 N–H and O–H groups in total. The zero-order chi connectivity index (χ0) is 22.8. The molecule has 0 aliphatic heterocycles. The predicted octanol–water partition coefficient (Wildman–Crippen LogP) is -2.61. The Morgan fingerprint density at radius 1 is 0.793 bits per heavy atom. The molecule has 0 bridgehead atoms. The molecule has 10 nitrogen and oxygen atoms in total. The summed E-state index contributed by atoms with van der Waals surface area (Å²) in [5.74, 6) is -6.68. The molecule has 0 aliphatic carbocycles. The lowest BCUT2D eigenvalue weighted by Crippen LogP contribution is -2.64. The summed E-state index contributed by atoms with van der Waals surface area (Å²) in [4.78, 5) is 54.3. The maximum atomic E-state index is 12.8. The van der Waals surface area contributed by atoms with Crippen LogP contribution in [-0.4, -0.2) is 99.3 Å². The van der Waals surface area contributed by atoms with Crippen molar-refractivity contribution in [3.63, 3.8) is 0 Å². The lowest BCUT2D eigenvalue weighted by molar-refractivity contribution is -0.157. The Labute approximate surface area is 183 Å². The van der Waals surface area contributed by atoms with Crippen LogP contribution < -0.4 is 22.1 Å². The molecule has 12 heteroatoms. The Morgan fingerprint density at radius 3 is 1.31 bits per heavy atom. The zero-order valence-corrected chi connectivity index (χ0v) is 19.3. The highest BCUT2D eigenvalue weighted by molar-refractivity contribution is 7.80. The van der Waals surface area contributed by atoms with E-state index in [1.54, 1.807) is 0 Å². The number of nitrogens with two attached hydrogens (primary N) is 2. The highest BCUT2D eigenvalue weighted by atomic mass is 32.1. The van der Waals surface area contributed by atoms with E-state index in [0.717, 1.165) is 0 Å². The van der Waals surface area contributed by atoms with Crippen molar-refractivity contribution < 1.29 is 19.2 Å². The molecule has 0 aliphatic rings. The minimum absolute atomic E-state index is 0.213. The van der Waals surface area contributed by atoms with Crippen molar-refractivity contribution in [3.8, 4) is 0 Å². The van der Waals surface area contributed by atoms with E-state index < -0.39 is 40.9 Å². The first kappa shape index (κ1) is 27.5. The number of rotatable bonds is 14. The maximum Gasteiger partial charge on any atom is 0.234 e. The summed E-state index contributed by atoms with van der Waals surface area (Å²) in [6, 6.07) is 0. The Balaban J connectivity index is 5.94. The van der Waals surface area contributed by atoms with Crippen LogP contribution in [0.4, 0.5) is 0 Å². The average Bonchev–Trinajstić information content (AvgIpc) is 2.60. The van der Waals surface area contributed by atoms with Crippen LogP contribution in [0.5, 0.6) is 0 Å². The first-order chi connectivity index (χ1) is 13.5. The molecular formula is C17H34N6O4S2. The molecule has 0 saturated heterocycles. The van der Waals surface area contributed by atoms with Crippen molar-refractivity contribution in [1.82, 2.24) is 20.4 Å². The van der Waals surface area contributed by atoms with Crippen LogP contribution in [0.15, 0.2) is 0 Å². The van der Waals surface area contributed by atoms with E-state index in [-0.39, 0.29) is 24.6 Å². The molecule has 0 aromatic rings. The first-order valence-corrected chi connectivity index (χ1v) is 10.4. The van der Waals surface area contributed by atoms with Crippen molar-refractivity contribution >= 4 is 48.9 Å². The monoisotopic (exact) mass is 450 g/mol. The Kier molecular flexibility index (Phi) is 12.3. The lowest BCUT2D eigenvalue weighted by Gasteiger charge is -2.39. The summed E-state index contributed by atoms with van der Waals surface area (Å²) >= 11 is 8.30. The van der Waals surface area contributed by atoms with Crippen LogP contribution in [0.3, 0.4) is 0 Å². The molecule has 29 heavy (non-hydrogen) atoms. The molecule has 168 valence electrons. The fourth-order valence-electron chi connectivity index (χ4n) is 2.97. The van der Waals surface area contributed by atoms with Crippen molar-refractivity contribution in [1.29, 1.82) is 0 Å². The second kappa shape index (κ2) is 12.9. The Morgan fingerprint density at radius 2 is 1.10 bits per heavy atom. The topological polar surface area (TPSA) is 151 Å². The van der Waals surface area contributed by atoms with Gasteiger partial charge in [-0.2, -0.15) is 25.3 Å². The molecule has 0 radical (unpaired) electrons. The molecule has 0 aromatic heterocycles. The number of carbonyl (C=O) groups is 4. The molecule has 2 unspecified atom stereocenters. The molecule has 0 saturated carbocycles. The van der Waals surface area contributed by atoms with Crippen molar-refractivity contribution in [2.75, 3.05) is 65.9 Å². The van der Waals surface area contributed by atoms with Gasteiger partial charge in [0.25, 0.3) is 0 Å². The van der Waals surface area contributed by atoms with Crippen LogP contribution >= 0.6 is 25.3 Å². The summed E-state index contributed by atoms with van der Waals surface area (Å²) in [5, 5.41) is 5.30. The van der Waals surface area contributed by atoms with Gasteiger partial charge in [0.05, 0.1) is 11.8 Å². The zero-order valence-electron chi connectivity index (χ0n) is 17.5. The molecular weight excluding hydrogens is 416 g/mol. The number of nitrogens with one attached hydrogen (secondary N) is 2. The van der Waals surface area contributed by atoms with Gasteiger partial charge in [-0.3, -0.25) is 19.2 Å². The van der Waals surface area contributed by atoms with Gasteiger partial charge in [-0.15, -0.1) is 0 Å². The summed E-state index contributed by atoms with van der Waals surface area (Å²) in [5.41, 5.74) is 8.87. The number of hydrogen-bond donors (Lipinski definition) is 6. The van der Waals surface area contributed by atoms with Crippen LogP contribution in [0.1, 0.15) is 0 Å². The van der Waals surface area contributed by atoms with Gasteiger partial charge in [-0.1, -0.05) is 0 Å². The van der Waals surface area contributed by atoms with Crippen LogP contribution in [0.2, 0.25) is 0 Å². The smallest absolute Gasteiger partial charge is 0.234 e. The van der Waals surface area contributed by atoms with E-state index in [1.807, 2.05) is 38.0 Å². The Bertz CT molecular complexity index is 538. The molecule has 0 heterocycles. The lowest BCUT2D eigenvalue weighted by atomic mass is 9.65. The number of hydrogen-bond acceptors (Lipinski definition) is 8. The van der Waals surface area contributed by atoms with Crippen LogP contribution in [0.25, 0.3) is 0 Å². The second-order valence-corrected chi connectivity index (χ2v) is 7.99. The molecule has 0 rings (SSSR count). The Hall–Kier alpha value is -1.50. The number of primary amides is 2. The standard InChI is InChI=1S/C17H34N6O4S2/c1-22(2)7-5-20-13(24)11(9-28)17(15(18)26,16(19)27)12(10-29)14(25)21-6-8-23(3)4/h11-12,28-29H,5-10H2,1-4H3,(H2,18,26)(H2,19,27)(H,20,24)(H,21,25). The van der Waals surface area contributed by atoms with E-state index in [2.05, 4.69) is 35.9 Å². The average molecular weight is 451 g/mol. The third-order valence-corrected chi connectivity index (χ3v) is 5.36. The molecule has 4 amide bonds. The number of carbonyl (C=O) groups excluding carboxylic acids is 4. The summed E-state index contributed by atoms with van der Waals surface area (Å²) in [7, 11) is 7.31. The third-order valence-electron chi connectivity index (χ3n) is 4.63. The van der Waals surface area contributed by atoms with Gasteiger partial charge >= 0.3 is 0 Å². The van der Waals surface area contributed by atoms with Crippen molar-refractivity contribution in [3.05, 3.63) is 0 Å². The van der Waals surface area contributed by atoms with Gasteiger partial charge in [0, 0.05) is 37.7 Å². The fourth-order valence-corrected chi connectivity index (χ4v) is 3.88. The highest BCUT2D eigenvalue weighted by Crippen LogP contribution is 2.38. The second-order valence-electron chi connectivity index (χ2n) is 7.26. The summed E-state index contributed by atoms with van der Waals surface area (Å²) in [6.07, 6.45) is 0. The van der Waals surface area contributed by atoms with Gasteiger partial charge in [-0.25, -0.2) is 0 Å². The normalized spacial score (nSPS) is 13.8. The first-order valence-electron chi connectivity index (χ1n) is 9.13. The van der Waals surface area contributed by atoms with E-state index in [1.165, 1.54) is 0 Å². The van der Waals surface area contributed by atoms with Crippen LogP contribution in [-0.2, 0) is 19.2 Å². The van der Waals surface area contributed by atoms with E-state index in [4.69, 9.17) is 11.5 Å². The maximum absolute atomic E-state index is 12.8. The van der Waals surface area contributed by atoms with E-state index >= 15 is 0 Å². The molecule has 0 spiro atoms. The number of likely N-dealkylation sites (N-methyl/N-ethyl adjacent to an activating group) is 2. The third kappa shape index (κ3) is 7.36. The van der Waals surface area contributed by atoms with Gasteiger partial charge < -0.3 is 31.9 Å². The molecule has 2 atom stereocenters. The number of thiol groups is 2. The molecule has 0 fully saturated rings. The van der Waals surface area contributed by atoms with E-state index in [9.17, 15) is 19.2 Å². The number of nitrogens with zero attached hydrogens (tertiary/aromatic N) is 2. The largest absolute Gasteiger partial charge is 0.369 e. The minimum Gasteiger partial charge on any atom is -0.369 e. The van der Waals surface area contributed by atoms with E-state index in [0.29, 0.717) is 13.1 Å². The summed E-state index contributed by atoms with van der Waals surface area (Å²) < 4.78 is 0. The van der Waals surface area contributed by atoms with Gasteiger partial charge in [0.15, 0.2) is 5.41 Å². The quantitative estimate of drug-likeness (QED) is 0.126. The molecule has 0 aromatic carbocycles. The fraction of sp³-hybridized carbons (Fsp3) is 0.765. The van der Waals surface area contributed by atoms with Crippen molar-refractivity contribution in [2.24, 2.45) is 28.7 Å². The van der Waals surface area contributed by atoms with Gasteiger partial charge in [0.1, 0.15) is 0 Å².